The zero-order chi connectivity index (χ0) is 12.9. The summed E-state index contributed by atoms with van der Waals surface area (Å²) >= 11 is 3.88. The molecule has 2 N–H and O–H groups in total. The van der Waals surface area contributed by atoms with Gasteiger partial charge >= 0.3 is 11.9 Å². The Kier molecular flexibility index (Phi) is 5.50. The number of Topliss-reactive ketones (excluding diaryl/α,β-unsaturated/α-hetero) is 1. The predicted molar refractivity (Wildman–Crippen MR) is 60.6 cm³/mol. The summed E-state index contributed by atoms with van der Waals surface area (Å²) in [6.07, 6.45) is -0.580. The Bertz CT molecular complexity index is 300. The number of carboxylic acids is 2. The molecule has 0 aromatic carbocycles. The lowest BCUT2D eigenvalue weighted by Gasteiger charge is -2.27. The van der Waals surface area contributed by atoms with Gasteiger partial charge in [0.15, 0.2) is 5.78 Å². The van der Waals surface area contributed by atoms with E-state index in [9.17, 15) is 14.4 Å². The number of carbonyl (C=O) groups excluding carboxylic acids is 1. The molecule has 92 valence electrons. The second-order valence-corrected chi connectivity index (χ2v) is 4.27. The lowest BCUT2D eigenvalue weighted by atomic mass is 9.76. The van der Waals surface area contributed by atoms with E-state index in [1.165, 1.54) is 0 Å². The molecule has 0 spiro atoms. The van der Waals surface area contributed by atoms with Gasteiger partial charge in [-0.25, -0.2) is 0 Å². The van der Waals surface area contributed by atoms with E-state index in [1.807, 2.05) is 0 Å². The van der Waals surface area contributed by atoms with Crippen molar-refractivity contribution in [3.8, 4) is 0 Å². The summed E-state index contributed by atoms with van der Waals surface area (Å²) in [5.41, 5.74) is -1.68. The number of hydrogen-bond acceptors (Lipinski definition) is 4. The Labute approximate surface area is 99.3 Å². The number of carbonyl (C=O) groups is 3. The zero-order valence-corrected chi connectivity index (χ0v) is 10.2. The van der Waals surface area contributed by atoms with Crippen LogP contribution in [0.2, 0.25) is 0 Å². The lowest BCUT2D eigenvalue weighted by molar-refractivity contribution is -0.155. The van der Waals surface area contributed by atoms with Gasteiger partial charge in [-0.3, -0.25) is 14.4 Å². The molecule has 0 fully saturated rings. The molecule has 0 unspecified atom stereocenters. The third-order valence-corrected chi connectivity index (χ3v) is 2.98. The van der Waals surface area contributed by atoms with E-state index < -0.39 is 29.1 Å². The summed E-state index contributed by atoms with van der Waals surface area (Å²) in [6, 6.07) is 0. The van der Waals surface area contributed by atoms with Crippen molar-refractivity contribution in [2.45, 2.75) is 26.7 Å². The van der Waals surface area contributed by atoms with Crippen LogP contribution in [0, 0.1) is 11.3 Å². The SMILES string of the molecule is CC(C)C(=O)[C@@](CS)(CCC(=O)O)C(=O)O. The van der Waals surface area contributed by atoms with Crippen molar-refractivity contribution in [3.05, 3.63) is 0 Å². The summed E-state index contributed by atoms with van der Waals surface area (Å²) in [5, 5.41) is 17.6. The maximum Gasteiger partial charge on any atom is 0.318 e. The van der Waals surface area contributed by atoms with E-state index in [4.69, 9.17) is 10.2 Å². The van der Waals surface area contributed by atoms with E-state index in [0.717, 1.165) is 0 Å². The van der Waals surface area contributed by atoms with Crippen LogP contribution in [0.5, 0.6) is 0 Å². The van der Waals surface area contributed by atoms with Crippen LogP contribution in [0.15, 0.2) is 0 Å². The first kappa shape index (κ1) is 15.0. The van der Waals surface area contributed by atoms with Crippen LogP contribution in [-0.4, -0.2) is 33.7 Å². The number of aliphatic carboxylic acids is 2. The smallest absolute Gasteiger partial charge is 0.318 e. The molecule has 0 aliphatic heterocycles. The molecule has 0 aromatic heterocycles. The van der Waals surface area contributed by atoms with Gasteiger partial charge in [-0.15, -0.1) is 0 Å². The Balaban J connectivity index is 5.08. The van der Waals surface area contributed by atoms with E-state index in [-0.39, 0.29) is 18.6 Å². The van der Waals surface area contributed by atoms with Crippen molar-refractivity contribution in [2.24, 2.45) is 11.3 Å². The van der Waals surface area contributed by atoms with Gasteiger partial charge in [-0.2, -0.15) is 12.6 Å². The van der Waals surface area contributed by atoms with Crippen molar-refractivity contribution in [1.29, 1.82) is 0 Å². The summed E-state index contributed by atoms with van der Waals surface area (Å²) in [6.45, 7) is 3.18. The highest BCUT2D eigenvalue weighted by molar-refractivity contribution is 7.80. The molecular weight excluding hydrogens is 232 g/mol. The van der Waals surface area contributed by atoms with Crippen molar-refractivity contribution in [3.63, 3.8) is 0 Å². The molecule has 5 nitrogen and oxygen atoms in total. The first-order chi connectivity index (χ1) is 7.27. The second kappa shape index (κ2) is 5.89. The first-order valence-electron chi connectivity index (χ1n) is 4.88. The standard InChI is InChI=1S/C10H16O5S/c1-6(2)8(13)10(5-16,9(14)15)4-3-7(11)12/h6,16H,3-5H2,1-2H3,(H,11,12)(H,14,15)/t10-/m0/s1. The molecule has 0 bridgehead atoms. The second-order valence-electron chi connectivity index (χ2n) is 3.96. The highest BCUT2D eigenvalue weighted by Crippen LogP contribution is 2.30. The Hall–Kier alpha value is -1.04. The number of thiol groups is 1. The molecule has 0 aromatic rings. The molecular formula is C10H16O5S. The van der Waals surface area contributed by atoms with Crippen LogP contribution in [0.3, 0.4) is 0 Å². The molecule has 0 radical (unpaired) electrons. The fourth-order valence-corrected chi connectivity index (χ4v) is 1.88. The number of carboxylic acid groups (broad SMARTS) is 2. The monoisotopic (exact) mass is 248 g/mol. The van der Waals surface area contributed by atoms with Gasteiger partial charge in [0.05, 0.1) is 0 Å². The zero-order valence-electron chi connectivity index (χ0n) is 9.27. The van der Waals surface area contributed by atoms with Gasteiger partial charge in [0.2, 0.25) is 0 Å². The van der Waals surface area contributed by atoms with Crippen molar-refractivity contribution < 1.29 is 24.6 Å². The van der Waals surface area contributed by atoms with Gasteiger partial charge < -0.3 is 10.2 Å². The number of ketones is 1. The normalized spacial score (nSPS) is 14.5. The molecule has 0 aliphatic rings. The maximum absolute atomic E-state index is 11.8. The van der Waals surface area contributed by atoms with Gasteiger partial charge in [0.1, 0.15) is 5.41 Å². The highest BCUT2D eigenvalue weighted by atomic mass is 32.1. The fraction of sp³-hybridized carbons (Fsp3) is 0.700. The average Bonchev–Trinajstić information content (AvgIpc) is 2.17. The van der Waals surface area contributed by atoms with Crippen LogP contribution in [0.1, 0.15) is 26.7 Å². The molecule has 0 rings (SSSR count). The van der Waals surface area contributed by atoms with Crippen molar-refractivity contribution in [1.82, 2.24) is 0 Å². The largest absolute Gasteiger partial charge is 0.481 e. The van der Waals surface area contributed by atoms with Crippen LogP contribution in [-0.2, 0) is 14.4 Å². The van der Waals surface area contributed by atoms with Gasteiger partial charge in [0, 0.05) is 18.1 Å². The van der Waals surface area contributed by atoms with E-state index in [1.54, 1.807) is 13.8 Å². The average molecular weight is 248 g/mol. The number of hydrogen-bond donors (Lipinski definition) is 3. The fourth-order valence-electron chi connectivity index (χ4n) is 1.43. The third kappa shape index (κ3) is 3.23. The predicted octanol–water partition coefficient (Wildman–Crippen LogP) is 1.08. The first-order valence-corrected chi connectivity index (χ1v) is 5.51. The molecule has 0 saturated carbocycles. The van der Waals surface area contributed by atoms with Crippen molar-refractivity contribution >= 4 is 30.4 Å². The quantitative estimate of drug-likeness (QED) is 0.463. The van der Waals surface area contributed by atoms with Gasteiger partial charge in [-0.1, -0.05) is 13.8 Å². The van der Waals surface area contributed by atoms with E-state index in [2.05, 4.69) is 12.6 Å². The molecule has 0 saturated heterocycles. The number of rotatable bonds is 7. The Morgan fingerprint density at radius 3 is 2.00 bits per heavy atom. The molecule has 6 heteroatoms. The third-order valence-electron chi connectivity index (χ3n) is 2.44. The highest BCUT2D eigenvalue weighted by Gasteiger charge is 2.45. The van der Waals surface area contributed by atoms with Crippen LogP contribution in [0.4, 0.5) is 0 Å². The van der Waals surface area contributed by atoms with Gasteiger partial charge in [-0.05, 0) is 6.42 Å². The minimum atomic E-state index is -1.68. The summed E-state index contributed by atoms with van der Waals surface area (Å²) in [5.74, 6) is -3.55. The topological polar surface area (TPSA) is 91.7 Å². The summed E-state index contributed by atoms with van der Waals surface area (Å²) in [7, 11) is 0. The van der Waals surface area contributed by atoms with Crippen LogP contribution < -0.4 is 0 Å². The maximum atomic E-state index is 11.8. The summed E-state index contributed by atoms with van der Waals surface area (Å²) < 4.78 is 0. The summed E-state index contributed by atoms with van der Waals surface area (Å²) in [4.78, 5) is 33.4. The molecule has 0 heterocycles. The molecule has 1 atom stereocenters. The molecule has 16 heavy (non-hydrogen) atoms. The minimum absolute atomic E-state index is 0.188. The Morgan fingerprint density at radius 1 is 1.25 bits per heavy atom. The van der Waals surface area contributed by atoms with Crippen molar-refractivity contribution in [2.75, 3.05) is 5.75 Å². The lowest BCUT2D eigenvalue weighted by Crippen LogP contribution is -2.44. The Morgan fingerprint density at radius 2 is 1.75 bits per heavy atom. The van der Waals surface area contributed by atoms with E-state index in [0.29, 0.717) is 0 Å². The van der Waals surface area contributed by atoms with E-state index >= 15 is 0 Å². The van der Waals surface area contributed by atoms with Gasteiger partial charge in [0.25, 0.3) is 0 Å². The van der Waals surface area contributed by atoms with Crippen LogP contribution >= 0.6 is 12.6 Å². The molecule has 0 amide bonds. The minimum Gasteiger partial charge on any atom is -0.481 e. The van der Waals surface area contributed by atoms with Crippen LogP contribution in [0.25, 0.3) is 0 Å². The molecule has 0 aliphatic carbocycles.